The summed E-state index contributed by atoms with van der Waals surface area (Å²) in [5.41, 5.74) is 3.46. The summed E-state index contributed by atoms with van der Waals surface area (Å²) in [6, 6.07) is 6.32. The van der Waals surface area contributed by atoms with Gasteiger partial charge in [-0.15, -0.1) is 11.3 Å². The van der Waals surface area contributed by atoms with Crippen molar-refractivity contribution in [1.29, 1.82) is 0 Å². The highest BCUT2D eigenvalue weighted by molar-refractivity contribution is 9.10. The third-order valence-electron chi connectivity index (χ3n) is 2.28. The van der Waals surface area contributed by atoms with Crippen molar-refractivity contribution < 1.29 is 0 Å². The van der Waals surface area contributed by atoms with Gasteiger partial charge in [-0.2, -0.15) is 0 Å². The number of aryl methyl sites for hydroxylation is 1. The molecule has 16 heavy (non-hydrogen) atoms. The fourth-order valence-electron chi connectivity index (χ4n) is 1.50. The van der Waals surface area contributed by atoms with Gasteiger partial charge in [0.1, 0.15) is 5.01 Å². The van der Waals surface area contributed by atoms with Crippen LogP contribution >= 0.6 is 27.3 Å². The Kier molecular flexibility index (Phi) is 3.74. The van der Waals surface area contributed by atoms with Crippen molar-refractivity contribution in [2.75, 3.05) is 7.05 Å². The molecule has 0 aliphatic rings. The molecule has 0 fully saturated rings. The topological polar surface area (TPSA) is 24.9 Å². The van der Waals surface area contributed by atoms with Gasteiger partial charge in [-0.05, 0) is 26.1 Å². The Morgan fingerprint density at radius 1 is 1.44 bits per heavy atom. The third kappa shape index (κ3) is 2.51. The monoisotopic (exact) mass is 296 g/mol. The van der Waals surface area contributed by atoms with Crippen molar-refractivity contribution in [3.8, 4) is 11.3 Å². The van der Waals surface area contributed by atoms with Crippen LogP contribution in [0.3, 0.4) is 0 Å². The molecule has 4 heteroatoms. The van der Waals surface area contributed by atoms with Crippen molar-refractivity contribution in [2.24, 2.45) is 0 Å². The Morgan fingerprint density at radius 2 is 2.25 bits per heavy atom. The van der Waals surface area contributed by atoms with Crippen LogP contribution in [-0.2, 0) is 6.54 Å². The van der Waals surface area contributed by atoms with Crippen LogP contribution in [0.4, 0.5) is 0 Å². The quantitative estimate of drug-likeness (QED) is 0.936. The summed E-state index contributed by atoms with van der Waals surface area (Å²) in [5.74, 6) is 0. The van der Waals surface area contributed by atoms with E-state index in [4.69, 9.17) is 0 Å². The van der Waals surface area contributed by atoms with E-state index in [0.717, 1.165) is 21.7 Å². The van der Waals surface area contributed by atoms with E-state index in [-0.39, 0.29) is 0 Å². The Labute approximate surface area is 108 Å². The maximum absolute atomic E-state index is 4.60. The Balaban J connectivity index is 2.38. The van der Waals surface area contributed by atoms with E-state index in [1.807, 2.05) is 7.05 Å². The summed E-state index contributed by atoms with van der Waals surface area (Å²) in [5, 5.41) is 6.33. The molecule has 1 N–H and O–H groups in total. The number of rotatable bonds is 3. The van der Waals surface area contributed by atoms with Crippen molar-refractivity contribution in [3.05, 3.63) is 38.6 Å². The predicted octanol–water partition coefficient (Wildman–Crippen LogP) is 3.60. The minimum absolute atomic E-state index is 0.827. The van der Waals surface area contributed by atoms with Crippen molar-refractivity contribution in [1.82, 2.24) is 10.3 Å². The summed E-state index contributed by atoms with van der Waals surface area (Å²) >= 11 is 5.25. The largest absolute Gasteiger partial charge is 0.314 e. The van der Waals surface area contributed by atoms with Crippen LogP contribution in [0.1, 0.15) is 10.6 Å². The maximum atomic E-state index is 4.60. The van der Waals surface area contributed by atoms with Crippen molar-refractivity contribution >= 4 is 27.3 Å². The lowest BCUT2D eigenvalue weighted by Crippen LogP contribution is -2.04. The van der Waals surface area contributed by atoms with E-state index in [2.05, 4.69) is 56.7 Å². The number of thiazole rings is 1. The van der Waals surface area contributed by atoms with Crippen LogP contribution in [-0.4, -0.2) is 12.0 Å². The molecule has 0 spiro atoms. The number of hydrogen-bond acceptors (Lipinski definition) is 3. The lowest BCUT2D eigenvalue weighted by molar-refractivity contribution is 0.811. The maximum Gasteiger partial charge on any atom is 0.107 e. The molecule has 2 rings (SSSR count). The molecule has 0 unspecified atom stereocenters. The normalized spacial score (nSPS) is 10.7. The SMILES string of the molecule is CNCc1nc(-c2cc(C)ccc2Br)cs1. The number of aromatic nitrogens is 1. The smallest absolute Gasteiger partial charge is 0.107 e. The molecule has 0 radical (unpaired) electrons. The molecular weight excluding hydrogens is 284 g/mol. The number of nitrogens with zero attached hydrogens (tertiary/aromatic N) is 1. The molecule has 1 heterocycles. The first kappa shape index (κ1) is 11.8. The van der Waals surface area contributed by atoms with Gasteiger partial charge in [-0.3, -0.25) is 0 Å². The van der Waals surface area contributed by atoms with Gasteiger partial charge in [-0.1, -0.05) is 27.6 Å². The summed E-state index contributed by atoms with van der Waals surface area (Å²) in [4.78, 5) is 4.60. The first-order chi connectivity index (χ1) is 7.70. The summed E-state index contributed by atoms with van der Waals surface area (Å²) in [6.45, 7) is 2.92. The zero-order valence-electron chi connectivity index (χ0n) is 9.25. The molecule has 0 atom stereocenters. The van der Waals surface area contributed by atoms with Crippen LogP contribution in [0.5, 0.6) is 0 Å². The van der Waals surface area contributed by atoms with Gasteiger partial charge in [0, 0.05) is 22.0 Å². The molecule has 0 aliphatic carbocycles. The van der Waals surface area contributed by atoms with Crippen molar-refractivity contribution in [3.63, 3.8) is 0 Å². The van der Waals surface area contributed by atoms with E-state index in [1.165, 1.54) is 11.1 Å². The average molecular weight is 297 g/mol. The fourth-order valence-corrected chi connectivity index (χ4v) is 2.76. The van der Waals surface area contributed by atoms with Gasteiger partial charge in [0.2, 0.25) is 0 Å². The first-order valence-electron chi connectivity index (χ1n) is 5.06. The minimum Gasteiger partial charge on any atom is -0.314 e. The lowest BCUT2D eigenvalue weighted by Gasteiger charge is -2.02. The van der Waals surface area contributed by atoms with Crippen molar-refractivity contribution in [2.45, 2.75) is 13.5 Å². The molecular formula is C12H13BrN2S. The van der Waals surface area contributed by atoms with E-state index >= 15 is 0 Å². The molecule has 1 aromatic heterocycles. The van der Waals surface area contributed by atoms with Crippen LogP contribution in [0.25, 0.3) is 11.3 Å². The standard InChI is InChI=1S/C12H13BrN2S/c1-8-3-4-10(13)9(5-8)11-7-16-12(15-11)6-14-2/h3-5,7,14H,6H2,1-2H3. The second kappa shape index (κ2) is 5.08. The molecule has 0 saturated heterocycles. The molecule has 0 bridgehead atoms. The predicted molar refractivity (Wildman–Crippen MR) is 72.8 cm³/mol. The van der Waals surface area contributed by atoms with Gasteiger partial charge < -0.3 is 5.32 Å². The highest BCUT2D eigenvalue weighted by Crippen LogP contribution is 2.29. The molecule has 0 aliphatic heterocycles. The zero-order valence-corrected chi connectivity index (χ0v) is 11.7. The molecule has 0 saturated carbocycles. The number of hydrogen-bond donors (Lipinski definition) is 1. The lowest BCUT2D eigenvalue weighted by atomic mass is 10.1. The molecule has 2 nitrogen and oxygen atoms in total. The summed E-state index contributed by atoms with van der Waals surface area (Å²) in [6.07, 6.45) is 0. The Bertz CT molecular complexity index is 494. The summed E-state index contributed by atoms with van der Waals surface area (Å²) in [7, 11) is 1.93. The first-order valence-corrected chi connectivity index (χ1v) is 6.73. The third-order valence-corrected chi connectivity index (χ3v) is 3.82. The highest BCUT2D eigenvalue weighted by atomic mass is 79.9. The van der Waals surface area contributed by atoms with Crippen LogP contribution < -0.4 is 5.32 Å². The van der Waals surface area contributed by atoms with Crippen LogP contribution in [0.15, 0.2) is 28.1 Å². The van der Waals surface area contributed by atoms with Gasteiger partial charge in [-0.25, -0.2) is 4.98 Å². The molecule has 1 aromatic carbocycles. The van der Waals surface area contributed by atoms with Gasteiger partial charge in [0.15, 0.2) is 0 Å². The van der Waals surface area contributed by atoms with Crippen LogP contribution in [0.2, 0.25) is 0 Å². The van der Waals surface area contributed by atoms with E-state index in [9.17, 15) is 0 Å². The second-order valence-electron chi connectivity index (χ2n) is 3.64. The Morgan fingerprint density at radius 3 is 3.00 bits per heavy atom. The highest BCUT2D eigenvalue weighted by Gasteiger charge is 2.07. The van der Waals surface area contributed by atoms with E-state index in [1.54, 1.807) is 11.3 Å². The van der Waals surface area contributed by atoms with Gasteiger partial charge >= 0.3 is 0 Å². The number of halogens is 1. The van der Waals surface area contributed by atoms with Gasteiger partial charge in [0.25, 0.3) is 0 Å². The van der Waals surface area contributed by atoms with E-state index < -0.39 is 0 Å². The molecule has 84 valence electrons. The van der Waals surface area contributed by atoms with Crippen LogP contribution in [0, 0.1) is 6.92 Å². The minimum atomic E-state index is 0.827. The number of nitrogens with one attached hydrogen (secondary N) is 1. The summed E-state index contributed by atoms with van der Waals surface area (Å²) < 4.78 is 1.10. The average Bonchev–Trinajstić information content (AvgIpc) is 2.71. The Hall–Kier alpha value is -0.710. The van der Waals surface area contributed by atoms with Gasteiger partial charge in [0.05, 0.1) is 5.69 Å². The number of benzene rings is 1. The second-order valence-corrected chi connectivity index (χ2v) is 5.44. The molecule has 0 amide bonds. The fraction of sp³-hybridized carbons (Fsp3) is 0.250. The van der Waals surface area contributed by atoms with E-state index in [0.29, 0.717) is 0 Å². The zero-order chi connectivity index (χ0) is 11.5. The molecule has 2 aromatic rings.